The highest BCUT2D eigenvalue weighted by molar-refractivity contribution is 6.12. The Bertz CT molecular complexity index is 1320. The summed E-state index contributed by atoms with van der Waals surface area (Å²) in [5, 5.41) is 2.55. The van der Waals surface area contributed by atoms with Gasteiger partial charge in [0, 0.05) is 16.5 Å². The van der Waals surface area contributed by atoms with Crippen LogP contribution >= 0.6 is 0 Å². The van der Waals surface area contributed by atoms with Crippen molar-refractivity contribution in [3.8, 4) is 22.3 Å². The van der Waals surface area contributed by atoms with Gasteiger partial charge in [0.1, 0.15) is 0 Å². The van der Waals surface area contributed by atoms with Crippen molar-refractivity contribution in [2.24, 2.45) is 0 Å². The molecule has 0 atom stereocenters. The fraction of sp³-hybridized carbons (Fsp3) is 0.0667. The molecular formula is C30H25N. The molecule has 0 saturated carbocycles. The molecule has 0 aliphatic carbocycles. The van der Waals surface area contributed by atoms with E-state index in [2.05, 4.69) is 134 Å². The summed E-state index contributed by atoms with van der Waals surface area (Å²) in [5.74, 6) is 0. The van der Waals surface area contributed by atoms with E-state index in [1.54, 1.807) is 0 Å². The Kier molecular flexibility index (Phi) is 5.01. The molecule has 0 radical (unpaired) electrons. The minimum Gasteiger partial charge on any atom is -0.310 e. The van der Waals surface area contributed by atoms with Gasteiger partial charge in [-0.25, -0.2) is 0 Å². The first-order valence-electron chi connectivity index (χ1n) is 10.8. The van der Waals surface area contributed by atoms with Crippen LogP contribution in [-0.2, 0) is 0 Å². The van der Waals surface area contributed by atoms with Crippen LogP contribution in [0.15, 0.2) is 115 Å². The van der Waals surface area contributed by atoms with Gasteiger partial charge in [-0.05, 0) is 66.4 Å². The average molecular weight is 400 g/mol. The van der Waals surface area contributed by atoms with E-state index in [0.29, 0.717) is 0 Å². The summed E-state index contributed by atoms with van der Waals surface area (Å²) < 4.78 is 2.37. The van der Waals surface area contributed by atoms with Crippen molar-refractivity contribution in [3.05, 3.63) is 115 Å². The molecule has 5 rings (SSSR count). The minimum atomic E-state index is 1.18. The number of fused-ring (bicyclic) bond motifs is 3. The van der Waals surface area contributed by atoms with Crippen LogP contribution in [0.3, 0.4) is 0 Å². The summed E-state index contributed by atoms with van der Waals surface area (Å²) >= 11 is 0. The predicted octanol–water partition coefficient (Wildman–Crippen LogP) is 8.57. The molecule has 0 N–H and O–H groups in total. The molecule has 0 saturated heterocycles. The van der Waals surface area contributed by atoms with Crippen molar-refractivity contribution in [1.29, 1.82) is 0 Å². The lowest BCUT2D eigenvalue weighted by atomic mass is 10.0. The molecule has 0 spiro atoms. The summed E-state index contributed by atoms with van der Waals surface area (Å²) in [5.41, 5.74) is 8.60. The second-order valence-electron chi connectivity index (χ2n) is 7.74. The van der Waals surface area contributed by atoms with Crippen molar-refractivity contribution in [2.75, 3.05) is 0 Å². The van der Waals surface area contributed by atoms with Gasteiger partial charge in [-0.3, -0.25) is 0 Å². The number of hydrogen-bond acceptors (Lipinski definition) is 0. The van der Waals surface area contributed by atoms with Crippen molar-refractivity contribution in [3.63, 3.8) is 0 Å². The zero-order valence-corrected chi connectivity index (χ0v) is 17.9. The lowest BCUT2D eigenvalue weighted by molar-refractivity contribution is 1.23. The lowest BCUT2D eigenvalue weighted by Crippen LogP contribution is -1.94. The summed E-state index contributed by atoms with van der Waals surface area (Å²) in [6, 6.07) is 34.9. The van der Waals surface area contributed by atoms with E-state index in [-0.39, 0.29) is 0 Å². The van der Waals surface area contributed by atoms with Crippen molar-refractivity contribution < 1.29 is 0 Å². The van der Waals surface area contributed by atoms with Crippen LogP contribution in [-0.4, -0.2) is 4.57 Å². The Morgan fingerprint density at radius 2 is 1.06 bits per heavy atom. The molecule has 0 aliphatic heterocycles. The minimum absolute atomic E-state index is 1.18. The fourth-order valence-corrected chi connectivity index (χ4v) is 4.39. The number of hydrogen-bond donors (Lipinski definition) is 0. The third kappa shape index (κ3) is 3.39. The summed E-state index contributed by atoms with van der Waals surface area (Å²) in [7, 11) is 0. The Morgan fingerprint density at radius 1 is 0.581 bits per heavy atom. The maximum Gasteiger partial charge on any atom is 0.0541 e. The number of aromatic nitrogens is 1. The van der Waals surface area contributed by atoms with Crippen LogP contribution in [0.1, 0.15) is 13.8 Å². The standard InChI is InChI=1S/C30H25N/c1-3-11-26(4-2)31-29-18-16-24(22-12-7-5-8-13-22)20-27(29)28-21-25(17-19-30(28)31)23-14-9-6-10-15-23/h3-21H,1-2H3. The molecular weight excluding hydrogens is 374 g/mol. The maximum absolute atomic E-state index is 2.37. The molecule has 0 unspecified atom stereocenters. The van der Waals surface area contributed by atoms with Gasteiger partial charge in [-0.2, -0.15) is 0 Å². The molecule has 31 heavy (non-hydrogen) atoms. The van der Waals surface area contributed by atoms with Gasteiger partial charge in [-0.1, -0.05) is 84.9 Å². The molecule has 1 heterocycles. The molecule has 4 aromatic carbocycles. The van der Waals surface area contributed by atoms with Crippen LogP contribution in [0.5, 0.6) is 0 Å². The summed E-state index contributed by atoms with van der Waals surface area (Å²) in [6.45, 7) is 4.17. The smallest absolute Gasteiger partial charge is 0.0541 e. The third-order valence-corrected chi connectivity index (χ3v) is 5.87. The normalized spacial score (nSPS) is 12.3. The predicted molar refractivity (Wildman–Crippen MR) is 135 cm³/mol. The molecule has 150 valence electrons. The molecule has 0 amide bonds. The van der Waals surface area contributed by atoms with Gasteiger partial charge in [0.25, 0.3) is 0 Å². The first-order chi connectivity index (χ1) is 15.3. The fourth-order valence-electron chi connectivity index (χ4n) is 4.39. The molecule has 0 aliphatic rings. The maximum atomic E-state index is 2.37. The Labute approximate surface area is 183 Å². The Balaban J connectivity index is 1.83. The average Bonchev–Trinajstić information content (AvgIpc) is 3.16. The van der Waals surface area contributed by atoms with Gasteiger partial charge >= 0.3 is 0 Å². The van der Waals surface area contributed by atoms with E-state index in [1.165, 1.54) is 49.8 Å². The highest BCUT2D eigenvalue weighted by Gasteiger charge is 2.14. The van der Waals surface area contributed by atoms with Crippen LogP contribution in [0, 0.1) is 0 Å². The number of benzene rings is 4. The van der Waals surface area contributed by atoms with E-state index in [9.17, 15) is 0 Å². The first kappa shape index (κ1) is 19.1. The van der Waals surface area contributed by atoms with Gasteiger partial charge < -0.3 is 4.57 Å². The summed E-state index contributed by atoms with van der Waals surface area (Å²) in [4.78, 5) is 0. The number of allylic oxidation sites excluding steroid dienone is 4. The van der Waals surface area contributed by atoms with Gasteiger partial charge in [0.05, 0.1) is 11.0 Å². The zero-order valence-electron chi connectivity index (χ0n) is 17.9. The first-order valence-corrected chi connectivity index (χ1v) is 10.8. The highest BCUT2D eigenvalue weighted by atomic mass is 15.0. The van der Waals surface area contributed by atoms with Gasteiger partial charge in [0.15, 0.2) is 0 Å². The SMILES string of the molecule is CC=CC(=CC)n1c2ccc(-c3ccccc3)cc2c2cc(-c3ccccc3)ccc21. The number of nitrogens with zero attached hydrogens (tertiary/aromatic N) is 1. The van der Waals surface area contributed by atoms with Crippen LogP contribution < -0.4 is 0 Å². The highest BCUT2D eigenvalue weighted by Crippen LogP contribution is 2.37. The van der Waals surface area contributed by atoms with Crippen molar-refractivity contribution in [1.82, 2.24) is 4.57 Å². The van der Waals surface area contributed by atoms with Crippen molar-refractivity contribution in [2.45, 2.75) is 13.8 Å². The molecule has 1 nitrogen and oxygen atoms in total. The summed E-state index contributed by atoms with van der Waals surface area (Å²) in [6.07, 6.45) is 6.45. The zero-order chi connectivity index (χ0) is 21.2. The van der Waals surface area contributed by atoms with Crippen LogP contribution in [0.25, 0.3) is 49.8 Å². The quantitative estimate of drug-likeness (QED) is 0.267. The van der Waals surface area contributed by atoms with Crippen molar-refractivity contribution >= 4 is 27.5 Å². The third-order valence-electron chi connectivity index (χ3n) is 5.87. The monoisotopic (exact) mass is 399 g/mol. The van der Waals surface area contributed by atoms with Gasteiger partial charge in [-0.15, -0.1) is 0 Å². The topological polar surface area (TPSA) is 4.93 Å². The number of rotatable bonds is 4. The largest absolute Gasteiger partial charge is 0.310 e. The second kappa shape index (κ2) is 8.12. The Morgan fingerprint density at radius 3 is 1.48 bits per heavy atom. The van der Waals surface area contributed by atoms with E-state index in [0.717, 1.165) is 0 Å². The molecule has 0 bridgehead atoms. The van der Waals surface area contributed by atoms with E-state index >= 15 is 0 Å². The lowest BCUT2D eigenvalue weighted by Gasteiger charge is -2.09. The molecule has 1 heteroatoms. The van der Waals surface area contributed by atoms with E-state index in [4.69, 9.17) is 0 Å². The van der Waals surface area contributed by atoms with Gasteiger partial charge in [0.2, 0.25) is 0 Å². The molecule has 5 aromatic rings. The van der Waals surface area contributed by atoms with E-state index < -0.39 is 0 Å². The molecule has 1 aromatic heterocycles. The molecule has 0 fully saturated rings. The van der Waals surface area contributed by atoms with Crippen LogP contribution in [0.4, 0.5) is 0 Å². The Hall–Kier alpha value is -3.84. The van der Waals surface area contributed by atoms with Crippen LogP contribution in [0.2, 0.25) is 0 Å². The van der Waals surface area contributed by atoms with E-state index in [1.807, 2.05) is 0 Å². The second-order valence-corrected chi connectivity index (χ2v) is 7.74.